The van der Waals surface area contributed by atoms with Gasteiger partial charge in [-0.2, -0.15) is 0 Å². The van der Waals surface area contributed by atoms with Gasteiger partial charge in [-0.25, -0.2) is 4.79 Å². The summed E-state index contributed by atoms with van der Waals surface area (Å²) in [6, 6.07) is 8.55. The lowest BCUT2D eigenvalue weighted by molar-refractivity contribution is 0.0166. The van der Waals surface area contributed by atoms with E-state index in [1.54, 1.807) is 4.90 Å². The lowest BCUT2D eigenvalue weighted by atomic mass is 9.81. The van der Waals surface area contributed by atoms with Crippen LogP contribution in [0.3, 0.4) is 0 Å². The van der Waals surface area contributed by atoms with Gasteiger partial charge in [0.1, 0.15) is 5.60 Å². The monoisotopic (exact) mass is 318 g/mol. The van der Waals surface area contributed by atoms with E-state index in [1.165, 1.54) is 11.1 Å². The number of hydrogen-bond donors (Lipinski definition) is 1. The number of rotatable bonds is 2. The van der Waals surface area contributed by atoms with Crippen LogP contribution < -0.4 is 5.73 Å². The van der Waals surface area contributed by atoms with Gasteiger partial charge in [0.15, 0.2) is 0 Å². The second-order valence-electron chi connectivity index (χ2n) is 7.90. The van der Waals surface area contributed by atoms with Crippen molar-refractivity contribution in [2.45, 2.75) is 64.5 Å². The van der Waals surface area contributed by atoms with E-state index in [-0.39, 0.29) is 11.6 Å². The minimum absolute atomic E-state index is 0.240. The van der Waals surface area contributed by atoms with Crippen LogP contribution in [-0.4, -0.2) is 29.7 Å². The van der Waals surface area contributed by atoms with Crippen molar-refractivity contribution in [3.05, 3.63) is 35.4 Å². The third-order valence-corrected chi connectivity index (χ3v) is 4.44. The Hall–Kier alpha value is -1.55. The highest BCUT2D eigenvalue weighted by Gasteiger charge is 2.35. The molecule has 0 bridgehead atoms. The largest absolute Gasteiger partial charge is 0.444 e. The number of hydrogen-bond acceptors (Lipinski definition) is 3. The van der Waals surface area contributed by atoms with Crippen molar-refractivity contribution < 1.29 is 9.53 Å². The lowest BCUT2D eigenvalue weighted by Crippen LogP contribution is -2.50. The molecule has 2 rings (SSSR count). The van der Waals surface area contributed by atoms with Crippen LogP contribution in [0, 0.1) is 0 Å². The van der Waals surface area contributed by atoms with E-state index >= 15 is 0 Å². The average molecular weight is 318 g/mol. The Bertz CT molecular complexity index is 553. The standard InChI is InChI=1S/C19H30N2O2/c1-14(2)15-7-6-8-16(13-15)19(20)9-11-21(12-10-19)17(22)23-18(3,4)5/h6-8,13-14H,9-12,20H2,1-5H3. The van der Waals surface area contributed by atoms with Crippen LogP contribution >= 0.6 is 0 Å². The Kier molecular flexibility index (Phi) is 5.04. The van der Waals surface area contributed by atoms with Gasteiger partial charge in [-0.15, -0.1) is 0 Å². The first-order valence-corrected chi connectivity index (χ1v) is 8.48. The molecule has 0 spiro atoms. The Morgan fingerprint density at radius 2 is 1.87 bits per heavy atom. The average Bonchev–Trinajstić information content (AvgIpc) is 2.46. The van der Waals surface area contributed by atoms with Crippen LogP contribution in [0.1, 0.15) is 64.5 Å². The zero-order valence-electron chi connectivity index (χ0n) is 15.1. The number of amides is 1. The number of nitrogens with zero attached hydrogens (tertiary/aromatic N) is 1. The summed E-state index contributed by atoms with van der Waals surface area (Å²) in [5.74, 6) is 0.486. The summed E-state index contributed by atoms with van der Waals surface area (Å²) < 4.78 is 5.45. The number of ether oxygens (including phenoxy) is 1. The molecule has 1 fully saturated rings. The smallest absolute Gasteiger partial charge is 0.410 e. The van der Waals surface area contributed by atoms with Gasteiger partial charge in [0, 0.05) is 18.6 Å². The minimum Gasteiger partial charge on any atom is -0.444 e. The van der Waals surface area contributed by atoms with Crippen molar-refractivity contribution in [3.63, 3.8) is 0 Å². The molecule has 23 heavy (non-hydrogen) atoms. The molecule has 2 N–H and O–H groups in total. The molecule has 1 aromatic carbocycles. The van der Waals surface area contributed by atoms with Gasteiger partial charge >= 0.3 is 6.09 Å². The second-order valence-corrected chi connectivity index (χ2v) is 7.90. The van der Waals surface area contributed by atoms with Crippen LogP contribution in [0.2, 0.25) is 0 Å². The first kappa shape index (κ1) is 17.8. The molecule has 1 aromatic rings. The number of carbonyl (C=O) groups excluding carboxylic acids is 1. The number of nitrogens with two attached hydrogens (primary N) is 1. The van der Waals surface area contributed by atoms with Gasteiger partial charge in [0.25, 0.3) is 0 Å². The van der Waals surface area contributed by atoms with Crippen molar-refractivity contribution in [3.8, 4) is 0 Å². The molecule has 0 unspecified atom stereocenters. The number of carbonyl (C=O) groups is 1. The summed E-state index contributed by atoms with van der Waals surface area (Å²) in [5.41, 5.74) is 8.33. The molecule has 1 amide bonds. The van der Waals surface area contributed by atoms with Crippen molar-refractivity contribution in [2.75, 3.05) is 13.1 Å². The zero-order chi connectivity index (χ0) is 17.3. The van der Waals surface area contributed by atoms with Crippen LogP contribution in [0.15, 0.2) is 24.3 Å². The molecule has 4 nitrogen and oxygen atoms in total. The Morgan fingerprint density at radius 3 is 2.39 bits per heavy atom. The van der Waals surface area contributed by atoms with Crippen molar-refractivity contribution >= 4 is 6.09 Å². The van der Waals surface area contributed by atoms with Crippen LogP contribution in [-0.2, 0) is 10.3 Å². The molecule has 4 heteroatoms. The van der Waals surface area contributed by atoms with E-state index in [0.717, 1.165) is 12.8 Å². The fourth-order valence-electron chi connectivity index (χ4n) is 2.91. The molecule has 128 valence electrons. The molecule has 1 aliphatic rings. The van der Waals surface area contributed by atoms with Crippen LogP contribution in [0.25, 0.3) is 0 Å². The van der Waals surface area contributed by atoms with Gasteiger partial charge in [-0.3, -0.25) is 0 Å². The Morgan fingerprint density at radius 1 is 1.26 bits per heavy atom. The molecule has 1 aliphatic heterocycles. The van der Waals surface area contributed by atoms with E-state index in [0.29, 0.717) is 19.0 Å². The maximum absolute atomic E-state index is 12.2. The lowest BCUT2D eigenvalue weighted by Gasteiger charge is -2.40. The summed E-state index contributed by atoms with van der Waals surface area (Å²) in [5, 5.41) is 0. The van der Waals surface area contributed by atoms with Gasteiger partial charge in [0.05, 0.1) is 0 Å². The van der Waals surface area contributed by atoms with Crippen molar-refractivity contribution in [1.82, 2.24) is 4.90 Å². The van der Waals surface area contributed by atoms with Gasteiger partial charge < -0.3 is 15.4 Å². The predicted octanol–water partition coefficient (Wildman–Crippen LogP) is 3.99. The molecule has 0 saturated carbocycles. The van der Waals surface area contributed by atoms with Crippen LogP contribution in [0.4, 0.5) is 4.79 Å². The van der Waals surface area contributed by atoms with Gasteiger partial charge in [-0.05, 0) is 50.7 Å². The Labute approximate surface area is 140 Å². The molecular weight excluding hydrogens is 288 g/mol. The molecule has 1 saturated heterocycles. The number of likely N-dealkylation sites (tertiary alicyclic amines) is 1. The summed E-state index contributed by atoms with van der Waals surface area (Å²) >= 11 is 0. The van der Waals surface area contributed by atoms with Gasteiger partial charge in [-0.1, -0.05) is 38.1 Å². The molecule has 0 atom stereocenters. The molecule has 0 aliphatic carbocycles. The molecule has 0 radical (unpaired) electrons. The highest BCUT2D eigenvalue weighted by Crippen LogP contribution is 2.32. The minimum atomic E-state index is -0.458. The molecule has 1 heterocycles. The highest BCUT2D eigenvalue weighted by atomic mass is 16.6. The maximum Gasteiger partial charge on any atom is 0.410 e. The van der Waals surface area contributed by atoms with Gasteiger partial charge in [0.2, 0.25) is 0 Å². The zero-order valence-corrected chi connectivity index (χ0v) is 15.1. The summed E-state index contributed by atoms with van der Waals surface area (Å²) in [6.07, 6.45) is 1.28. The normalized spacial score (nSPS) is 18.1. The third-order valence-electron chi connectivity index (χ3n) is 4.44. The summed E-state index contributed by atoms with van der Waals surface area (Å²) in [6.45, 7) is 11.3. The predicted molar refractivity (Wildman–Crippen MR) is 93.4 cm³/mol. The fourth-order valence-corrected chi connectivity index (χ4v) is 2.91. The second kappa shape index (κ2) is 6.52. The van der Waals surface area contributed by atoms with E-state index in [1.807, 2.05) is 20.8 Å². The first-order chi connectivity index (χ1) is 10.6. The Balaban J connectivity index is 2.05. The number of piperidine rings is 1. The molecule has 0 aromatic heterocycles. The quantitative estimate of drug-likeness (QED) is 0.897. The number of benzene rings is 1. The maximum atomic E-state index is 12.2. The van der Waals surface area contributed by atoms with E-state index < -0.39 is 5.60 Å². The van der Waals surface area contributed by atoms with Crippen molar-refractivity contribution in [2.24, 2.45) is 5.73 Å². The summed E-state index contributed by atoms with van der Waals surface area (Å²) in [4.78, 5) is 13.9. The summed E-state index contributed by atoms with van der Waals surface area (Å²) in [7, 11) is 0. The van der Waals surface area contributed by atoms with Crippen LogP contribution in [0.5, 0.6) is 0 Å². The SMILES string of the molecule is CC(C)c1cccc(C2(N)CCN(C(=O)OC(C)(C)C)CC2)c1. The van der Waals surface area contributed by atoms with E-state index in [9.17, 15) is 4.79 Å². The van der Waals surface area contributed by atoms with Crippen molar-refractivity contribution in [1.29, 1.82) is 0 Å². The fraction of sp³-hybridized carbons (Fsp3) is 0.632. The van der Waals surface area contributed by atoms with E-state index in [4.69, 9.17) is 10.5 Å². The third kappa shape index (κ3) is 4.47. The molecular formula is C19H30N2O2. The topological polar surface area (TPSA) is 55.6 Å². The first-order valence-electron chi connectivity index (χ1n) is 8.48. The highest BCUT2D eigenvalue weighted by molar-refractivity contribution is 5.68. The van der Waals surface area contributed by atoms with E-state index in [2.05, 4.69) is 38.1 Å².